The molecular formula is C10H16N5+. The van der Waals surface area contributed by atoms with Crippen molar-refractivity contribution in [2.45, 2.75) is 26.3 Å². The van der Waals surface area contributed by atoms with Crippen LogP contribution in [0.3, 0.4) is 0 Å². The summed E-state index contributed by atoms with van der Waals surface area (Å²) in [4.78, 5) is 0. The van der Waals surface area contributed by atoms with Crippen molar-refractivity contribution < 1.29 is 4.57 Å². The first kappa shape index (κ1) is 13.0. The molecular weight excluding hydrogens is 190 g/mol. The number of nitriles is 2. The maximum atomic E-state index is 7.48. The highest BCUT2D eigenvalue weighted by molar-refractivity contribution is 4.77. The molecule has 1 rings (SSSR count). The predicted octanol–water partition coefficient (Wildman–Crippen LogP) is 0.651. The molecule has 5 nitrogen and oxygen atoms in total. The third-order valence-corrected chi connectivity index (χ3v) is 1.71. The molecule has 0 aliphatic heterocycles. The Kier molecular flexibility index (Phi) is 7.43. The van der Waals surface area contributed by atoms with E-state index >= 15 is 0 Å². The molecule has 15 heavy (non-hydrogen) atoms. The molecule has 0 atom stereocenters. The Bertz CT molecular complexity index is 329. The van der Waals surface area contributed by atoms with Gasteiger partial charge in [-0.1, -0.05) is 13.3 Å². The van der Waals surface area contributed by atoms with Crippen molar-refractivity contribution in [3.63, 3.8) is 0 Å². The fourth-order valence-electron chi connectivity index (χ4n) is 1.000. The van der Waals surface area contributed by atoms with Gasteiger partial charge in [-0.3, -0.25) is 0 Å². The van der Waals surface area contributed by atoms with E-state index in [1.807, 2.05) is 7.05 Å². The molecule has 1 N–H and O–H groups in total. The lowest BCUT2D eigenvalue weighted by atomic mass is 10.3. The van der Waals surface area contributed by atoms with Crippen molar-refractivity contribution in [3.05, 3.63) is 18.7 Å². The van der Waals surface area contributed by atoms with E-state index in [9.17, 15) is 0 Å². The second-order valence-corrected chi connectivity index (χ2v) is 3.02. The Hall–Kier alpha value is -2.01. The van der Waals surface area contributed by atoms with Gasteiger partial charge in [0.25, 0.3) is 0 Å². The topological polar surface area (TPSA) is 68.4 Å². The van der Waals surface area contributed by atoms with Crippen molar-refractivity contribution in [1.82, 2.24) is 9.88 Å². The molecule has 1 heterocycles. The summed E-state index contributed by atoms with van der Waals surface area (Å²) in [5.74, 6) is 0. The fourth-order valence-corrected chi connectivity index (χ4v) is 1.000. The van der Waals surface area contributed by atoms with Crippen LogP contribution < -0.4 is 9.88 Å². The number of nitrogens with one attached hydrogen (secondary N) is 1. The van der Waals surface area contributed by atoms with Crippen molar-refractivity contribution >= 4 is 0 Å². The van der Waals surface area contributed by atoms with E-state index in [0.717, 1.165) is 6.54 Å². The monoisotopic (exact) mass is 206 g/mol. The van der Waals surface area contributed by atoms with Gasteiger partial charge in [0, 0.05) is 0 Å². The summed E-state index contributed by atoms with van der Waals surface area (Å²) in [5, 5.41) is 16.7. The Balaban J connectivity index is 0.000000336. The molecule has 0 aliphatic rings. The first-order valence-corrected chi connectivity index (χ1v) is 4.78. The number of aryl methyl sites for hydroxylation is 2. The maximum Gasteiger partial charge on any atom is 0.243 e. The minimum Gasteiger partial charge on any atom is -0.240 e. The molecule has 0 aromatic carbocycles. The molecule has 0 fully saturated rings. The highest BCUT2D eigenvalue weighted by atomic mass is 15.1. The minimum atomic E-state index is 1.15. The second-order valence-electron chi connectivity index (χ2n) is 3.02. The normalized spacial score (nSPS) is 8.00. The van der Waals surface area contributed by atoms with E-state index in [-0.39, 0.29) is 0 Å². The van der Waals surface area contributed by atoms with Crippen LogP contribution in [0, 0.1) is 22.9 Å². The third-order valence-electron chi connectivity index (χ3n) is 1.71. The van der Waals surface area contributed by atoms with Gasteiger partial charge < -0.3 is 0 Å². The van der Waals surface area contributed by atoms with Crippen molar-refractivity contribution in [1.29, 1.82) is 10.5 Å². The maximum absolute atomic E-state index is 7.48. The van der Waals surface area contributed by atoms with E-state index in [1.54, 1.807) is 5.32 Å². The van der Waals surface area contributed by atoms with Gasteiger partial charge >= 0.3 is 0 Å². The van der Waals surface area contributed by atoms with E-state index in [0.29, 0.717) is 0 Å². The van der Waals surface area contributed by atoms with Crippen LogP contribution >= 0.6 is 0 Å². The Labute approximate surface area is 90.2 Å². The van der Waals surface area contributed by atoms with Gasteiger partial charge in [0.05, 0.1) is 13.6 Å². The zero-order valence-electron chi connectivity index (χ0n) is 9.14. The average molecular weight is 206 g/mol. The molecule has 0 unspecified atom stereocenters. The molecule has 0 spiro atoms. The van der Waals surface area contributed by atoms with Gasteiger partial charge in [-0.25, -0.2) is 14.5 Å². The summed E-state index contributed by atoms with van der Waals surface area (Å²) in [5.41, 5.74) is 0. The van der Waals surface area contributed by atoms with Crippen LogP contribution in [0.15, 0.2) is 18.7 Å². The standard InChI is InChI=1S/C8H15N2.C2HN3/c1-3-4-5-10-7-6-9(2)8-10;3-1-5-2-4/h6-8H,3-5H2,1-2H3;5H/q+1;. The zero-order valence-corrected chi connectivity index (χ0v) is 9.14. The van der Waals surface area contributed by atoms with Gasteiger partial charge in [-0.2, -0.15) is 10.5 Å². The van der Waals surface area contributed by atoms with Gasteiger partial charge in [-0.15, -0.1) is 0 Å². The Morgan fingerprint density at radius 2 is 2.07 bits per heavy atom. The minimum absolute atomic E-state index is 1.15. The zero-order chi connectivity index (χ0) is 11.5. The van der Waals surface area contributed by atoms with E-state index in [4.69, 9.17) is 10.5 Å². The number of imidazole rings is 1. The molecule has 1 aromatic rings. The molecule has 0 saturated carbocycles. The van der Waals surface area contributed by atoms with Crippen LogP contribution in [0.4, 0.5) is 0 Å². The van der Waals surface area contributed by atoms with Crippen molar-refractivity contribution in [2.75, 3.05) is 0 Å². The molecule has 0 amide bonds. The molecule has 0 radical (unpaired) electrons. The molecule has 0 bridgehead atoms. The number of hydrogen-bond donors (Lipinski definition) is 1. The number of aromatic nitrogens is 2. The summed E-state index contributed by atoms with van der Waals surface area (Å²) >= 11 is 0. The molecule has 1 aromatic heterocycles. The van der Waals surface area contributed by atoms with Crippen LogP contribution in [-0.4, -0.2) is 4.57 Å². The van der Waals surface area contributed by atoms with E-state index < -0.39 is 0 Å². The number of rotatable bonds is 3. The third kappa shape index (κ3) is 7.09. The molecule has 0 saturated heterocycles. The summed E-state index contributed by atoms with van der Waals surface area (Å²) < 4.78 is 4.28. The Morgan fingerprint density at radius 1 is 1.40 bits per heavy atom. The first-order valence-electron chi connectivity index (χ1n) is 4.78. The van der Waals surface area contributed by atoms with Gasteiger partial charge in [0.15, 0.2) is 12.4 Å². The largest absolute Gasteiger partial charge is 0.243 e. The average Bonchev–Trinajstić information content (AvgIpc) is 2.63. The summed E-state index contributed by atoms with van der Waals surface area (Å²) in [6.45, 7) is 3.36. The second kappa shape index (κ2) is 8.58. The predicted molar refractivity (Wildman–Crippen MR) is 54.9 cm³/mol. The first-order chi connectivity index (χ1) is 7.24. The lowest BCUT2D eigenvalue weighted by Gasteiger charge is -1.90. The van der Waals surface area contributed by atoms with Gasteiger partial charge in [0.1, 0.15) is 12.4 Å². The van der Waals surface area contributed by atoms with E-state index in [1.165, 1.54) is 25.2 Å². The highest BCUT2D eigenvalue weighted by Crippen LogP contribution is 1.85. The van der Waals surface area contributed by atoms with Crippen LogP contribution in [0.25, 0.3) is 0 Å². The smallest absolute Gasteiger partial charge is 0.240 e. The molecule has 5 heteroatoms. The number of unbranched alkanes of at least 4 members (excludes halogenated alkanes) is 1. The highest BCUT2D eigenvalue weighted by Gasteiger charge is 1.96. The quantitative estimate of drug-likeness (QED) is 0.448. The van der Waals surface area contributed by atoms with E-state index in [2.05, 4.69) is 34.8 Å². The molecule has 0 aliphatic carbocycles. The van der Waals surface area contributed by atoms with Crippen LogP contribution in [0.5, 0.6) is 0 Å². The van der Waals surface area contributed by atoms with Gasteiger partial charge in [0.2, 0.25) is 6.33 Å². The lowest BCUT2D eigenvalue weighted by molar-refractivity contribution is -0.696. The van der Waals surface area contributed by atoms with Crippen LogP contribution in [0.1, 0.15) is 19.8 Å². The summed E-state index contributed by atoms with van der Waals surface area (Å²) in [6.07, 6.45) is 11.6. The van der Waals surface area contributed by atoms with Crippen LogP contribution in [-0.2, 0) is 13.6 Å². The SMILES string of the molecule is CCCC[n+]1ccn(C)c1.N#CNC#N. The van der Waals surface area contributed by atoms with Crippen molar-refractivity contribution in [3.8, 4) is 12.4 Å². The number of hydrogen-bond acceptors (Lipinski definition) is 3. The van der Waals surface area contributed by atoms with Gasteiger partial charge in [-0.05, 0) is 6.42 Å². The lowest BCUT2D eigenvalue weighted by Crippen LogP contribution is -2.30. The summed E-state index contributed by atoms with van der Waals surface area (Å²) in [6, 6.07) is 0. The number of nitrogens with zero attached hydrogens (tertiary/aromatic N) is 4. The summed E-state index contributed by atoms with van der Waals surface area (Å²) in [7, 11) is 2.04. The van der Waals surface area contributed by atoms with Crippen LogP contribution in [0.2, 0.25) is 0 Å². The molecule has 80 valence electrons. The van der Waals surface area contributed by atoms with Crippen molar-refractivity contribution in [2.24, 2.45) is 7.05 Å². The fraction of sp³-hybridized carbons (Fsp3) is 0.500. The Morgan fingerprint density at radius 3 is 2.40 bits per heavy atom.